The number of thiophene rings is 1. The van der Waals surface area contributed by atoms with Crippen molar-refractivity contribution >= 4 is 33.1 Å². The predicted molar refractivity (Wildman–Crippen MR) is 97.2 cm³/mol. The first-order valence-electron chi connectivity index (χ1n) is 7.47. The Kier molecular flexibility index (Phi) is 3.76. The van der Waals surface area contributed by atoms with Gasteiger partial charge in [-0.05, 0) is 17.5 Å². The Morgan fingerprint density at radius 2 is 1.71 bits per heavy atom. The second kappa shape index (κ2) is 6.22. The number of fused-ring (bicyclic) bond motifs is 1. The van der Waals surface area contributed by atoms with E-state index < -0.39 is 0 Å². The highest BCUT2D eigenvalue weighted by atomic mass is 32.1. The van der Waals surface area contributed by atoms with Gasteiger partial charge in [-0.3, -0.25) is 4.79 Å². The number of nitrogens with one attached hydrogen (secondary N) is 1. The largest absolute Gasteiger partial charge is 0.306 e. The van der Waals surface area contributed by atoms with E-state index in [9.17, 15) is 4.79 Å². The first kappa shape index (κ1) is 14.5. The fraction of sp³-hybridized carbons (Fsp3) is 0. The van der Waals surface area contributed by atoms with Crippen LogP contribution in [0.25, 0.3) is 21.3 Å². The molecule has 4 nitrogen and oxygen atoms in total. The van der Waals surface area contributed by atoms with E-state index in [1.807, 2.05) is 60.7 Å². The molecule has 1 N–H and O–H groups in total. The van der Waals surface area contributed by atoms with Crippen molar-refractivity contribution in [2.75, 3.05) is 5.32 Å². The summed E-state index contributed by atoms with van der Waals surface area (Å²) in [7, 11) is 0. The number of amides is 1. The Hall–Kier alpha value is -3.05. The SMILES string of the molecule is O=C(Nc1cc(-c2ccccc2)ncn1)c1cc2ccccc2s1. The van der Waals surface area contributed by atoms with Crippen molar-refractivity contribution < 1.29 is 4.79 Å². The summed E-state index contributed by atoms with van der Waals surface area (Å²) in [6.45, 7) is 0. The lowest BCUT2D eigenvalue weighted by molar-refractivity contribution is 0.103. The number of hydrogen-bond acceptors (Lipinski definition) is 4. The lowest BCUT2D eigenvalue weighted by atomic mass is 10.1. The summed E-state index contributed by atoms with van der Waals surface area (Å²) in [5.74, 6) is 0.334. The topological polar surface area (TPSA) is 54.9 Å². The quantitative estimate of drug-likeness (QED) is 0.596. The molecule has 4 aromatic rings. The lowest BCUT2D eigenvalue weighted by Crippen LogP contribution is -2.11. The standard InChI is InChI=1S/C19H13N3OS/c23-19(17-10-14-8-4-5-9-16(14)24-17)22-18-11-15(20-12-21-18)13-6-2-1-3-7-13/h1-12H,(H,20,21,22,23). The van der Waals surface area contributed by atoms with Gasteiger partial charge in [0.1, 0.15) is 12.1 Å². The van der Waals surface area contributed by atoms with Gasteiger partial charge in [-0.2, -0.15) is 0 Å². The summed E-state index contributed by atoms with van der Waals surface area (Å²) in [4.78, 5) is 21.5. The molecule has 0 saturated carbocycles. The molecule has 1 amide bonds. The average Bonchev–Trinajstić information content (AvgIpc) is 3.07. The van der Waals surface area contributed by atoms with Crippen LogP contribution in [0.15, 0.2) is 73.1 Å². The number of carbonyl (C=O) groups is 1. The average molecular weight is 331 g/mol. The number of benzene rings is 2. The first-order chi connectivity index (χ1) is 11.8. The van der Waals surface area contributed by atoms with E-state index in [2.05, 4.69) is 15.3 Å². The van der Waals surface area contributed by atoms with Gasteiger partial charge in [0.05, 0.1) is 10.6 Å². The van der Waals surface area contributed by atoms with Crippen LogP contribution in [-0.4, -0.2) is 15.9 Å². The van der Waals surface area contributed by atoms with Crippen molar-refractivity contribution in [2.45, 2.75) is 0 Å². The van der Waals surface area contributed by atoms with Crippen molar-refractivity contribution in [3.05, 3.63) is 77.9 Å². The van der Waals surface area contributed by atoms with E-state index in [0.717, 1.165) is 21.3 Å². The molecular weight excluding hydrogens is 318 g/mol. The summed E-state index contributed by atoms with van der Waals surface area (Å²) < 4.78 is 1.09. The van der Waals surface area contributed by atoms with Gasteiger partial charge in [-0.25, -0.2) is 9.97 Å². The summed E-state index contributed by atoms with van der Waals surface area (Å²) in [6.07, 6.45) is 1.46. The maximum absolute atomic E-state index is 12.5. The molecule has 24 heavy (non-hydrogen) atoms. The van der Waals surface area contributed by atoms with Crippen molar-refractivity contribution in [3.8, 4) is 11.3 Å². The highest BCUT2D eigenvalue weighted by molar-refractivity contribution is 7.20. The van der Waals surface area contributed by atoms with E-state index in [0.29, 0.717) is 10.7 Å². The number of nitrogens with zero attached hydrogens (tertiary/aromatic N) is 2. The highest BCUT2D eigenvalue weighted by Crippen LogP contribution is 2.26. The number of hydrogen-bond donors (Lipinski definition) is 1. The molecule has 0 radical (unpaired) electrons. The van der Waals surface area contributed by atoms with Crippen LogP contribution in [0.1, 0.15) is 9.67 Å². The second-order valence-electron chi connectivity index (χ2n) is 5.26. The van der Waals surface area contributed by atoms with Crippen molar-refractivity contribution in [1.29, 1.82) is 0 Å². The predicted octanol–water partition coefficient (Wildman–Crippen LogP) is 4.61. The monoisotopic (exact) mass is 331 g/mol. The third-order valence-electron chi connectivity index (χ3n) is 3.63. The molecule has 2 heterocycles. The van der Waals surface area contributed by atoms with Gasteiger partial charge in [0.2, 0.25) is 0 Å². The van der Waals surface area contributed by atoms with Gasteiger partial charge in [-0.1, -0.05) is 48.5 Å². The minimum absolute atomic E-state index is 0.158. The Bertz CT molecular complexity index is 978. The highest BCUT2D eigenvalue weighted by Gasteiger charge is 2.11. The first-order valence-corrected chi connectivity index (χ1v) is 8.29. The van der Waals surface area contributed by atoms with Crippen LogP contribution >= 0.6 is 11.3 Å². The van der Waals surface area contributed by atoms with Gasteiger partial charge < -0.3 is 5.32 Å². The lowest BCUT2D eigenvalue weighted by Gasteiger charge is -2.05. The van der Waals surface area contributed by atoms with E-state index in [-0.39, 0.29) is 5.91 Å². The molecule has 0 unspecified atom stereocenters. The number of carbonyl (C=O) groups excluding carboxylic acids is 1. The molecule has 0 atom stereocenters. The van der Waals surface area contributed by atoms with Gasteiger partial charge in [0.25, 0.3) is 5.91 Å². The van der Waals surface area contributed by atoms with Gasteiger partial charge in [-0.15, -0.1) is 11.3 Å². The fourth-order valence-corrected chi connectivity index (χ4v) is 3.42. The van der Waals surface area contributed by atoms with E-state index in [1.165, 1.54) is 17.7 Å². The molecule has 0 bridgehead atoms. The zero-order valence-corrected chi connectivity index (χ0v) is 13.5. The zero-order valence-electron chi connectivity index (χ0n) is 12.6. The molecule has 0 aliphatic heterocycles. The molecule has 0 aliphatic rings. The third kappa shape index (κ3) is 2.89. The van der Waals surface area contributed by atoms with E-state index >= 15 is 0 Å². The van der Waals surface area contributed by atoms with E-state index in [4.69, 9.17) is 0 Å². The Labute approximate surface area is 142 Å². The minimum atomic E-state index is -0.158. The van der Waals surface area contributed by atoms with Crippen LogP contribution in [0.4, 0.5) is 5.82 Å². The molecule has 2 aromatic carbocycles. The summed E-state index contributed by atoms with van der Waals surface area (Å²) in [5.41, 5.74) is 1.76. The number of aromatic nitrogens is 2. The molecule has 0 saturated heterocycles. The maximum Gasteiger partial charge on any atom is 0.266 e. The molecule has 0 spiro atoms. The molecule has 5 heteroatoms. The zero-order chi connectivity index (χ0) is 16.4. The second-order valence-corrected chi connectivity index (χ2v) is 6.34. The van der Waals surface area contributed by atoms with Gasteiger partial charge in [0.15, 0.2) is 0 Å². The smallest absolute Gasteiger partial charge is 0.266 e. The van der Waals surface area contributed by atoms with Crippen LogP contribution < -0.4 is 5.32 Å². The Balaban J connectivity index is 1.60. The molecule has 0 fully saturated rings. The minimum Gasteiger partial charge on any atom is -0.306 e. The van der Waals surface area contributed by atoms with Crippen LogP contribution in [-0.2, 0) is 0 Å². The summed E-state index contributed by atoms with van der Waals surface area (Å²) >= 11 is 1.47. The van der Waals surface area contributed by atoms with Gasteiger partial charge in [0, 0.05) is 16.3 Å². The summed E-state index contributed by atoms with van der Waals surface area (Å²) in [5, 5.41) is 3.92. The van der Waals surface area contributed by atoms with E-state index in [1.54, 1.807) is 6.07 Å². The number of rotatable bonds is 3. The maximum atomic E-state index is 12.5. The number of anilines is 1. The fourth-order valence-electron chi connectivity index (χ4n) is 2.46. The van der Waals surface area contributed by atoms with Crippen molar-refractivity contribution in [1.82, 2.24) is 9.97 Å². The van der Waals surface area contributed by atoms with Crippen LogP contribution in [0, 0.1) is 0 Å². The van der Waals surface area contributed by atoms with Crippen LogP contribution in [0.5, 0.6) is 0 Å². The molecule has 2 aromatic heterocycles. The third-order valence-corrected chi connectivity index (χ3v) is 4.74. The van der Waals surface area contributed by atoms with Crippen LogP contribution in [0.2, 0.25) is 0 Å². The molecule has 4 rings (SSSR count). The Morgan fingerprint density at radius 3 is 2.54 bits per heavy atom. The normalized spacial score (nSPS) is 10.7. The molecule has 0 aliphatic carbocycles. The Morgan fingerprint density at radius 1 is 0.917 bits per heavy atom. The van der Waals surface area contributed by atoms with Crippen molar-refractivity contribution in [3.63, 3.8) is 0 Å². The summed E-state index contributed by atoms with van der Waals surface area (Å²) in [6, 6.07) is 21.4. The van der Waals surface area contributed by atoms with Gasteiger partial charge >= 0.3 is 0 Å². The van der Waals surface area contributed by atoms with Crippen LogP contribution in [0.3, 0.4) is 0 Å². The molecular formula is C19H13N3OS. The van der Waals surface area contributed by atoms with Crippen molar-refractivity contribution in [2.24, 2.45) is 0 Å². The molecule has 116 valence electrons.